The second-order valence-corrected chi connectivity index (χ2v) is 6.93. The zero-order valence-corrected chi connectivity index (χ0v) is 16.1. The van der Waals surface area contributed by atoms with Gasteiger partial charge in [-0.3, -0.25) is 4.79 Å². The van der Waals surface area contributed by atoms with E-state index in [0.717, 1.165) is 36.3 Å². The lowest BCUT2D eigenvalue weighted by Gasteiger charge is -2.27. The molecule has 1 unspecified atom stereocenters. The van der Waals surface area contributed by atoms with Crippen molar-refractivity contribution in [3.05, 3.63) is 59.4 Å². The Labute approximate surface area is 161 Å². The topological polar surface area (TPSA) is 32.3 Å². The van der Waals surface area contributed by atoms with E-state index in [-0.39, 0.29) is 24.1 Å². The number of hydrogen-bond donors (Lipinski definition) is 1. The molecule has 0 spiro atoms. The maximum Gasteiger partial charge on any atom is 0.253 e. The SMILES string of the molecule is Cc1ccc(F)cc1-c1ccc(C(=O)N(C)CC2CCCNC2)cc1.Cl. The van der Waals surface area contributed by atoms with E-state index >= 15 is 0 Å². The van der Waals surface area contributed by atoms with Gasteiger partial charge in [0.25, 0.3) is 5.91 Å². The van der Waals surface area contributed by atoms with Gasteiger partial charge in [0, 0.05) is 19.2 Å². The Morgan fingerprint density at radius 3 is 2.62 bits per heavy atom. The van der Waals surface area contributed by atoms with Crippen molar-refractivity contribution >= 4 is 18.3 Å². The summed E-state index contributed by atoms with van der Waals surface area (Å²) in [5, 5.41) is 3.39. The molecule has 1 N–H and O–H groups in total. The molecule has 1 fully saturated rings. The van der Waals surface area contributed by atoms with Crippen LogP contribution in [0.2, 0.25) is 0 Å². The first-order valence-corrected chi connectivity index (χ1v) is 8.87. The van der Waals surface area contributed by atoms with Crippen LogP contribution < -0.4 is 5.32 Å². The number of aryl methyl sites for hydroxylation is 1. The molecule has 0 bridgehead atoms. The molecule has 1 aliphatic rings. The highest BCUT2D eigenvalue weighted by Gasteiger charge is 2.19. The normalized spacial score (nSPS) is 16.7. The molecule has 1 aliphatic heterocycles. The Morgan fingerprint density at radius 1 is 1.23 bits per heavy atom. The molecule has 1 heterocycles. The predicted octanol–water partition coefficient (Wildman–Crippen LogP) is 4.29. The Hall–Kier alpha value is -1.91. The van der Waals surface area contributed by atoms with E-state index in [2.05, 4.69) is 5.32 Å². The van der Waals surface area contributed by atoms with Gasteiger partial charge in [-0.1, -0.05) is 18.2 Å². The fourth-order valence-electron chi connectivity index (χ4n) is 3.47. The van der Waals surface area contributed by atoms with Crippen LogP contribution in [-0.2, 0) is 0 Å². The van der Waals surface area contributed by atoms with E-state index in [0.29, 0.717) is 11.5 Å². The van der Waals surface area contributed by atoms with Crippen LogP contribution in [0.25, 0.3) is 11.1 Å². The molecule has 26 heavy (non-hydrogen) atoms. The van der Waals surface area contributed by atoms with Gasteiger partial charge >= 0.3 is 0 Å². The van der Waals surface area contributed by atoms with Crippen LogP contribution >= 0.6 is 12.4 Å². The molecular formula is C21H26ClFN2O. The fourth-order valence-corrected chi connectivity index (χ4v) is 3.47. The highest BCUT2D eigenvalue weighted by Crippen LogP contribution is 2.25. The van der Waals surface area contributed by atoms with Crippen molar-refractivity contribution in [1.82, 2.24) is 10.2 Å². The Balaban J connectivity index is 0.00000243. The number of hydrogen-bond acceptors (Lipinski definition) is 2. The molecule has 0 radical (unpaired) electrons. The van der Waals surface area contributed by atoms with Crippen molar-refractivity contribution in [2.45, 2.75) is 19.8 Å². The summed E-state index contributed by atoms with van der Waals surface area (Å²) in [5.74, 6) is 0.312. The first kappa shape index (κ1) is 20.4. The smallest absolute Gasteiger partial charge is 0.253 e. The van der Waals surface area contributed by atoms with Crippen LogP contribution in [0.3, 0.4) is 0 Å². The predicted molar refractivity (Wildman–Crippen MR) is 106 cm³/mol. The van der Waals surface area contributed by atoms with Gasteiger partial charge in [0.05, 0.1) is 0 Å². The first-order chi connectivity index (χ1) is 12.0. The molecule has 140 valence electrons. The minimum absolute atomic E-state index is 0. The second kappa shape index (κ2) is 9.15. The third kappa shape index (κ3) is 4.83. The van der Waals surface area contributed by atoms with Gasteiger partial charge in [-0.15, -0.1) is 12.4 Å². The van der Waals surface area contributed by atoms with Gasteiger partial charge in [-0.05, 0) is 79.7 Å². The number of nitrogens with one attached hydrogen (secondary N) is 1. The number of rotatable bonds is 4. The molecular weight excluding hydrogens is 351 g/mol. The standard InChI is InChI=1S/C21H25FN2O.ClH/c1-15-5-10-19(22)12-20(15)17-6-8-18(9-7-17)21(25)24(2)14-16-4-3-11-23-13-16;/h5-10,12,16,23H,3-4,11,13-14H2,1-2H3;1H. The summed E-state index contributed by atoms with van der Waals surface area (Å²) in [5.41, 5.74) is 3.47. The Morgan fingerprint density at radius 2 is 1.96 bits per heavy atom. The molecule has 0 aromatic heterocycles. The summed E-state index contributed by atoms with van der Waals surface area (Å²) in [6.07, 6.45) is 2.34. The highest BCUT2D eigenvalue weighted by atomic mass is 35.5. The van der Waals surface area contributed by atoms with E-state index in [4.69, 9.17) is 0 Å². The van der Waals surface area contributed by atoms with Crippen LogP contribution in [0.1, 0.15) is 28.8 Å². The van der Waals surface area contributed by atoms with Crippen LogP contribution in [0, 0.1) is 18.7 Å². The molecule has 5 heteroatoms. The number of carbonyl (C=O) groups excluding carboxylic acids is 1. The van der Waals surface area contributed by atoms with E-state index in [1.165, 1.54) is 25.0 Å². The number of benzene rings is 2. The molecule has 0 saturated carbocycles. The monoisotopic (exact) mass is 376 g/mol. The van der Waals surface area contributed by atoms with Crippen molar-refractivity contribution in [1.29, 1.82) is 0 Å². The number of nitrogens with zero attached hydrogens (tertiary/aromatic N) is 1. The Kier molecular flexibility index (Phi) is 7.18. The lowest BCUT2D eigenvalue weighted by atomic mass is 9.98. The van der Waals surface area contributed by atoms with E-state index in [9.17, 15) is 9.18 Å². The lowest BCUT2D eigenvalue weighted by molar-refractivity contribution is 0.0765. The number of halogens is 2. The van der Waals surface area contributed by atoms with Gasteiger partial charge in [-0.25, -0.2) is 4.39 Å². The van der Waals surface area contributed by atoms with Crippen molar-refractivity contribution in [2.75, 3.05) is 26.7 Å². The zero-order chi connectivity index (χ0) is 17.8. The van der Waals surface area contributed by atoms with Gasteiger partial charge in [0.15, 0.2) is 0 Å². The molecule has 1 saturated heterocycles. The van der Waals surface area contributed by atoms with Crippen LogP contribution in [0.15, 0.2) is 42.5 Å². The average Bonchev–Trinajstić information content (AvgIpc) is 2.64. The van der Waals surface area contributed by atoms with E-state index < -0.39 is 0 Å². The maximum absolute atomic E-state index is 13.5. The van der Waals surface area contributed by atoms with Crippen molar-refractivity contribution in [3.63, 3.8) is 0 Å². The molecule has 1 amide bonds. The highest BCUT2D eigenvalue weighted by molar-refractivity contribution is 5.94. The van der Waals surface area contributed by atoms with Crippen molar-refractivity contribution < 1.29 is 9.18 Å². The molecule has 2 aromatic rings. The quantitative estimate of drug-likeness (QED) is 0.863. The molecule has 0 aliphatic carbocycles. The maximum atomic E-state index is 13.5. The van der Waals surface area contributed by atoms with Crippen LogP contribution in [0.4, 0.5) is 4.39 Å². The Bertz CT molecular complexity index is 742. The summed E-state index contributed by atoms with van der Waals surface area (Å²) < 4.78 is 13.5. The average molecular weight is 377 g/mol. The summed E-state index contributed by atoms with van der Waals surface area (Å²) in [6, 6.07) is 12.2. The minimum atomic E-state index is -0.249. The number of carbonyl (C=O) groups is 1. The molecule has 1 atom stereocenters. The number of piperidine rings is 1. The van der Waals surface area contributed by atoms with Gasteiger partial charge in [0.1, 0.15) is 5.82 Å². The van der Waals surface area contributed by atoms with Crippen molar-refractivity contribution in [2.24, 2.45) is 5.92 Å². The van der Waals surface area contributed by atoms with E-state index in [1.807, 2.05) is 38.2 Å². The molecule has 3 rings (SSSR count). The first-order valence-electron chi connectivity index (χ1n) is 8.87. The van der Waals surface area contributed by atoms with Crippen LogP contribution in [0.5, 0.6) is 0 Å². The van der Waals surface area contributed by atoms with E-state index in [1.54, 1.807) is 11.0 Å². The third-order valence-electron chi connectivity index (χ3n) is 4.92. The largest absolute Gasteiger partial charge is 0.341 e. The summed E-state index contributed by atoms with van der Waals surface area (Å²) >= 11 is 0. The minimum Gasteiger partial charge on any atom is -0.341 e. The molecule has 2 aromatic carbocycles. The zero-order valence-electron chi connectivity index (χ0n) is 15.3. The van der Waals surface area contributed by atoms with Crippen molar-refractivity contribution in [3.8, 4) is 11.1 Å². The second-order valence-electron chi connectivity index (χ2n) is 6.93. The van der Waals surface area contributed by atoms with Crippen LogP contribution in [-0.4, -0.2) is 37.5 Å². The lowest BCUT2D eigenvalue weighted by Crippen LogP contribution is -2.39. The summed E-state index contributed by atoms with van der Waals surface area (Å²) in [7, 11) is 1.86. The fraction of sp³-hybridized carbons (Fsp3) is 0.381. The number of amides is 1. The van der Waals surface area contributed by atoms with Gasteiger partial charge in [0.2, 0.25) is 0 Å². The van der Waals surface area contributed by atoms with Gasteiger partial charge < -0.3 is 10.2 Å². The summed E-state index contributed by atoms with van der Waals surface area (Å²) in [6.45, 7) is 4.79. The molecule has 3 nitrogen and oxygen atoms in total. The third-order valence-corrected chi connectivity index (χ3v) is 4.92. The van der Waals surface area contributed by atoms with Gasteiger partial charge in [-0.2, -0.15) is 0 Å². The summed E-state index contributed by atoms with van der Waals surface area (Å²) in [4.78, 5) is 14.4.